The number of aliphatic hydroxyl groups is 1. The monoisotopic (exact) mass is 196 g/mol. The predicted octanol–water partition coefficient (Wildman–Crippen LogP) is 3.53. The van der Waals surface area contributed by atoms with E-state index in [4.69, 9.17) is 0 Å². The lowest BCUT2D eigenvalue weighted by molar-refractivity contribution is 0.0237. The highest BCUT2D eigenvalue weighted by Crippen LogP contribution is 2.40. The van der Waals surface area contributed by atoms with E-state index in [-0.39, 0.29) is 11.5 Å². The lowest BCUT2D eigenvalue weighted by atomic mass is 9.68. The van der Waals surface area contributed by atoms with Gasteiger partial charge >= 0.3 is 0 Å². The van der Waals surface area contributed by atoms with E-state index >= 15 is 0 Å². The second-order valence-electron chi connectivity index (χ2n) is 5.13. The largest absolute Gasteiger partial charge is 0.388 e. The van der Waals surface area contributed by atoms with E-state index in [0.717, 1.165) is 0 Å². The topological polar surface area (TPSA) is 20.2 Å². The minimum atomic E-state index is -0.282. The van der Waals surface area contributed by atoms with Gasteiger partial charge in [0.05, 0.1) is 6.10 Å². The van der Waals surface area contributed by atoms with Gasteiger partial charge in [0.15, 0.2) is 0 Å². The fraction of sp³-hybridized carbons (Fsp3) is 0.846. The molecule has 1 nitrogen and oxygen atoms in total. The predicted molar refractivity (Wildman–Crippen MR) is 61.2 cm³/mol. The molecule has 0 aliphatic heterocycles. The molecule has 0 aromatic carbocycles. The van der Waals surface area contributed by atoms with Gasteiger partial charge in [-0.25, -0.2) is 0 Å². The van der Waals surface area contributed by atoms with Crippen molar-refractivity contribution in [1.82, 2.24) is 0 Å². The Kier molecular flexibility index (Phi) is 4.18. The molecule has 0 radical (unpaired) electrons. The number of hydrogen-bond donors (Lipinski definition) is 1. The molecule has 0 unspecified atom stereocenters. The van der Waals surface area contributed by atoms with Crippen molar-refractivity contribution < 1.29 is 5.11 Å². The molecule has 1 aliphatic carbocycles. The van der Waals surface area contributed by atoms with Crippen LogP contribution < -0.4 is 0 Å². The zero-order chi connectivity index (χ0) is 10.6. The van der Waals surface area contributed by atoms with Crippen molar-refractivity contribution in [3.63, 3.8) is 0 Å². The lowest BCUT2D eigenvalue weighted by Crippen LogP contribution is -2.36. The Morgan fingerprint density at radius 1 is 1.21 bits per heavy atom. The smallest absolute Gasteiger partial charge is 0.0774 e. The van der Waals surface area contributed by atoms with E-state index in [9.17, 15) is 5.11 Å². The maximum atomic E-state index is 10.0. The van der Waals surface area contributed by atoms with Gasteiger partial charge in [-0.2, -0.15) is 0 Å². The summed E-state index contributed by atoms with van der Waals surface area (Å²) < 4.78 is 0. The second-order valence-corrected chi connectivity index (χ2v) is 5.13. The first-order valence-electron chi connectivity index (χ1n) is 5.90. The van der Waals surface area contributed by atoms with Crippen molar-refractivity contribution in [3.8, 4) is 0 Å². The zero-order valence-corrected chi connectivity index (χ0v) is 9.79. The van der Waals surface area contributed by atoms with E-state index < -0.39 is 0 Å². The highest BCUT2D eigenvalue weighted by molar-refractivity contribution is 4.97. The Balaban J connectivity index is 2.61. The van der Waals surface area contributed by atoms with E-state index in [1.807, 2.05) is 19.1 Å². The Hall–Kier alpha value is -0.300. The first kappa shape index (κ1) is 11.8. The van der Waals surface area contributed by atoms with Crippen LogP contribution in [0.15, 0.2) is 12.2 Å². The van der Waals surface area contributed by atoms with Gasteiger partial charge < -0.3 is 5.11 Å². The molecule has 1 atom stereocenters. The number of allylic oxidation sites excluding steroid dienone is 1. The van der Waals surface area contributed by atoms with Crippen LogP contribution in [-0.2, 0) is 0 Å². The van der Waals surface area contributed by atoms with Crippen LogP contribution in [0.2, 0.25) is 0 Å². The molecule has 0 saturated heterocycles. The molecule has 1 fully saturated rings. The Bertz CT molecular complexity index is 187. The van der Waals surface area contributed by atoms with E-state index in [1.165, 1.54) is 32.1 Å². The number of rotatable bonds is 3. The number of aliphatic hydroxyl groups excluding tert-OH is 1. The van der Waals surface area contributed by atoms with E-state index in [2.05, 4.69) is 13.8 Å². The van der Waals surface area contributed by atoms with Gasteiger partial charge in [-0.15, -0.1) is 0 Å². The third kappa shape index (κ3) is 2.60. The van der Waals surface area contributed by atoms with Crippen LogP contribution in [0.25, 0.3) is 0 Å². The van der Waals surface area contributed by atoms with Crippen molar-refractivity contribution in [1.29, 1.82) is 0 Å². The Morgan fingerprint density at radius 2 is 1.79 bits per heavy atom. The average molecular weight is 196 g/mol. The standard InChI is InChI=1S/C13H24O/c1-4-8-12(14)13(2,3)11-9-6-5-7-10-11/h4,8,11-12,14H,5-7,9-10H2,1-3H3/t12-/m1/s1. The molecule has 0 aromatic rings. The lowest BCUT2D eigenvalue weighted by Gasteiger charge is -2.39. The first-order valence-corrected chi connectivity index (χ1v) is 5.90. The van der Waals surface area contributed by atoms with Gasteiger partial charge in [-0.1, -0.05) is 45.3 Å². The van der Waals surface area contributed by atoms with Crippen LogP contribution >= 0.6 is 0 Å². The second kappa shape index (κ2) is 4.97. The summed E-state index contributed by atoms with van der Waals surface area (Å²) >= 11 is 0. The molecule has 1 heteroatoms. The molecule has 82 valence electrons. The summed E-state index contributed by atoms with van der Waals surface area (Å²) in [7, 11) is 0. The van der Waals surface area contributed by atoms with Crippen LogP contribution in [-0.4, -0.2) is 11.2 Å². The summed E-state index contributed by atoms with van der Waals surface area (Å²) in [4.78, 5) is 0. The summed E-state index contributed by atoms with van der Waals surface area (Å²) in [5.41, 5.74) is 0.0485. The molecular weight excluding hydrogens is 172 g/mol. The molecule has 0 heterocycles. The molecule has 1 N–H and O–H groups in total. The quantitative estimate of drug-likeness (QED) is 0.685. The molecule has 0 spiro atoms. The normalized spacial score (nSPS) is 22.9. The summed E-state index contributed by atoms with van der Waals surface area (Å²) in [5.74, 6) is 0.697. The minimum Gasteiger partial charge on any atom is -0.388 e. The Labute approximate surface area is 88.2 Å². The van der Waals surface area contributed by atoms with Crippen LogP contribution in [0.5, 0.6) is 0 Å². The minimum absolute atomic E-state index is 0.0485. The molecule has 0 bridgehead atoms. The Morgan fingerprint density at radius 3 is 2.29 bits per heavy atom. The van der Waals surface area contributed by atoms with Crippen LogP contribution in [0.4, 0.5) is 0 Å². The summed E-state index contributed by atoms with van der Waals surface area (Å²) in [5, 5.41) is 10.0. The zero-order valence-electron chi connectivity index (χ0n) is 9.79. The summed E-state index contributed by atoms with van der Waals surface area (Å²) in [6, 6.07) is 0. The van der Waals surface area contributed by atoms with Gasteiger partial charge in [0.2, 0.25) is 0 Å². The van der Waals surface area contributed by atoms with Crippen LogP contribution in [0, 0.1) is 11.3 Å². The SMILES string of the molecule is CC=C[C@@H](O)C(C)(C)C1CCCCC1. The first-order chi connectivity index (χ1) is 6.59. The van der Waals surface area contributed by atoms with Crippen LogP contribution in [0.1, 0.15) is 52.9 Å². The summed E-state index contributed by atoms with van der Waals surface area (Å²) in [6.45, 7) is 6.38. The molecule has 0 aromatic heterocycles. The van der Waals surface area contributed by atoms with Gasteiger partial charge in [-0.3, -0.25) is 0 Å². The molecule has 1 saturated carbocycles. The fourth-order valence-electron chi connectivity index (χ4n) is 2.52. The van der Waals surface area contributed by atoms with Gasteiger partial charge in [0.1, 0.15) is 0 Å². The van der Waals surface area contributed by atoms with Crippen molar-refractivity contribution in [2.75, 3.05) is 0 Å². The molecule has 1 rings (SSSR count). The molecular formula is C13H24O. The highest BCUT2D eigenvalue weighted by atomic mass is 16.3. The van der Waals surface area contributed by atoms with E-state index in [1.54, 1.807) is 0 Å². The van der Waals surface area contributed by atoms with E-state index in [0.29, 0.717) is 5.92 Å². The van der Waals surface area contributed by atoms with Crippen molar-refractivity contribution in [3.05, 3.63) is 12.2 Å². The van der Waals surface area contributed by atoms with Crippen molar-refractivity contribution in [2.45, 2.75) is 59.0 Å². The number of hydrogen-bond acceptors (Lipinski definition) is 1. The summed E-state index contributed by atoms with van der Waals surface area (Å²) in [6.07, 6.45) is 10.3. The third-order valence-corrected chi connectivity index (χ3v) is 3.79. The highest BCUT2D eigenvalue weighted by Gasteiger charge is 2.35. The van der Waals surface area contributed by atoms with Crippen LogP contribution in [0.3, 0.4) is 0 Å². The van der Waals surface area contributed by atoms with Gasteiger partial charge in [0.25, 0.3) is 0 Å². The molecule has 0 amide bonds. The van der Waals surface area contributed by atoms with Crippen molar-refractivity contribution >= 4 is 0 Å². The fourth-order valence-corrected chi connectivity index (χ4v) is 2.52. The average Bonchev–Trinajstić information content (AvgIpc) is 2.19. The maximum Gasteiger partial charge on any atom is 0.0774 e. The van der Waals surface area contributed by atoms with Gasteiger partial charge in [-0.05, 0) is 31.1 Å². The third-order valence-electron chi connectivity index (χ3n) is 3.79. The molecule has 1 aliphatic rings. The maximum absolute atomic E-state index is 10.0. The van der Waals surface area contributed by atoms with Gasteiger partial charge in [0, 0.05) is 0 Å². The molecule has 14 heavy (non-hydrogen) atoms. The van der Waals surface area contributed by atoms with Crippen molar-refractivity contribution in [2.24, 2.45) is 11.3 Å².